The van der Waals surface area contributed by atoms with Crippen LogP contribution in [0.1, 0.15) is 25.7 Å². The molecular weight excluding hydrogens is 264 g/mol. The zero-order valence-corrected chi connectivity index (χ0v) is 11.9. The van der Waals surface area contributed by atoms with Crippen molar-refractivity contribution in [3.63, 3.8) is 0 Å². The smallest absolute Gasteiger partial charge is 0.232 e. The van der Waals surface area contributed by atoms with Gasteiger partial charge in [0, 0.05) is 19.2 Å². The first-order valence-corrected chi connectivity index (χ1v) is 7.95. The molecular formula is C13H20N2O3S. The summed E-state index contributed by atoms with van der Waals surface area (Å²) in [6.45, 7) is 0. The molecule has 6 heteroatoms. The Morgan fingerprint density at radius 2 is 1.79 bits per heavy atom. The van der Waals surface area contributed by atoms with E-state index in [4.69, 9.17) is 0 Å². The molecule has 0 aliphatic carbocycles. The highest BCUT2D eigenvalue weighted by atomic mass is 32.2. The summed E-state index contributed by atoms with van der Waals surface area (Å²) >= 11 is 0. The molecule has 0 aliphatic heterocycles. The van der Waals surface area contributed by atoms with Gasteiger partial charge in [-0.25, -0.2) is 8.42 Å². The van der Waals surface area contributed by atoms with Crippen LogP contribution in [0.5, 0.6) is 0 Å². The van der Waals surface area contributed by atoms with E-state index in [9.17, 15) is 13.2 Å². The third-order valence-electron chi connectivity index (χ3n) is 2.64. The maximum atomic E-state index is 11.8. The van der Waals surface area contributed by atoms with Crippen LogP contribution in [0, 0.1) is 0 Å². The van der Waals surface area contributed by atoms with Crippen molar-refractivity contribution in [2.24, 2.45) is 0 Å². The largest absolute Gasteiger partial charge is 0.359 e. The van der Waals surface area contributed by atoms with E-state index >= 15 is 0 Å². The molecule has 2 N–H and O–H groups in total. The minimum Gasteiger partial charge on any atom is -0.359 e. The Morgan fingerprint density at radius 1 is 1.11 bits per heavy atom. The van der Waals surface area contributed by atoms with E-state index < -0.39 is 10.0 Å². The van der Waals surface area contributed by atoms with Crippen LogP contribution < -0.4 is 10.0 Å². The van der Waals surface area contributed by atoms with Crippen LogP contribution in [-0.2, 0) is 14.8 Å². The maximum Gasteiger partial charge on any atom is 0.232 e. The predicted octanol–water partition coefficient (Wildman–Crippen LogP) is 1.73. The van der Waals surface area contributed by atoms with Crippen molar-refractivity contribution in [3.05, 3.63) is 30.3 Å². The number of hydrogen-bond acceptors (Lipinski definition) is 3. The highest BCUT2D eigenvalue weighted by Crippen LogP contribution is 2.10. The second-order valence-corrected chi connectivity index (χ2v) is 6.11. The standard InChI is InChI=1S/C13H20N2O3S/c1-14-13(16)10-6-3-7-11-19(17,18)15-12-8-4-2-5-9-12/h2,4-5,8-9,15H,3,6-7,10-11H2,1H3,(H,14,16). The quantitative estimate of drug-likeness (QED) is 0.714. The Bertz CT molecular complexity index is 486. The first-order chi connectivity index (χ1) is 9.03. The Kier molecular flexibility index (Phi) is 6.35. The SMILES string of the molecule is CNC(=O)CCCCCS(=O)(=O)Nc1ccccc1. The van der Waals surface area contributed by atoms with Crippen molar-refractivity contribution in [1.82, 2.24) is 5.32 Å². The number of carbonyl (C=O) groups excluding carboxylic acids is 1. The van der Waals surface area contributed by atoms with Crippen LogP contribution in [0.3, 0.4) is 0 Å². The van der Waals surface area contributed by atoms with Gasteiger partial charge < -0.3 is 5.32 Å². The van der Waals surface area contributed by atoms with Crippen LogP contribution in [-0.4, -0.2) is 27.1 Å². The van der Waals surface area contributed by atoms with Crippen molar-refractivity contribution in [2.75, 3.05) is 17.5 Å². The molecule has 0 saturated carbocycles. The minimum atomic E-state index is -3.29. The molecule has 19 heavy (non-hydrogen) atoms. The molecule has 1 amide bonds. The molecule has 0 unspecified atom stereocenters. The fourth-order valence-corrected chi connectivity index (χ4v) is 2.80. The first-order valence-electron chi connectivity index (χ1n) is 6.29. The minimum absolute atomic E-state index is 0.00901. The number of para-hydroxylation sites is 1. The summed E-state index contributed by atoms with van der Waals surface area (Å²) in [5.41, 5.74) is 0.577. The van der Waals surface area contributed by atoms with E-state index in [2.05, 4.69) is 10.0 Å². The van der Waals surface area contributed by atoms with Crippen molar-refractivity contribution in [3.8, 4) is 0 Å². The van der Waals surface area contributed by atoms with E-state index in [-0.39, 0.29) is 11.7 Å². The van der Waals surface area contributed by atoms with Crippen LogP contribution in [0.4, 0.5) is 5.69 Å². The molecule has 0 radical (unpaired) electrons. The average molecular weight is 284 g/mol. The summed E-state index contributed by atoms with van der Waals surface area (Å²) in [4.78, 5) is 11.0. The number of benzene rings is 1. The lowest BCUT2D eigenvalue weighted by atomic mass is 10.2. The number of nitrogens with one attached hydrogen (secondary N) is 2. The van der Waals surface area contributed by atoms with E-state index in [0.717, 1.165) is 6.42 Å². The molecule has 106 valence electrons. The molecule has 0 bridgehead atoms. The molecule has 0 spiro atoms. The molecule has 0 atom stereocenters. The number of carbonyl (C=O) groups is 1. The molecule has 0 fully saturated rings. The van der Waals surface area contributed by atoms with Crippen molar-refractivity contribution in [1.29, 1.82) is 0 Å². The number of anilines is 1. The number of amides is 1. The Hall–Kier alpha value is -1.56. The summed E-state index contributed by atoms with van der Waals surface area (Å²) in [7, 11) is -1.70. The Morgan fingerprint density at radius 3 is 2.42 bits per heavy atom. The summed E-state index contributed by atoms with van der Waals surface area (Å²) in [5.74, 6) is 0.0700. The van der Waals surface area contributed by atoms with Gasteiger partial charge in [0.05, 0.1) is 5.75 Å². The lowest BCUT2D eigenvalue weighted by Gasteiger charge is -2.07. The lowest BCUT2D eigenvalue weighted by Crippen LogP contribution is -2.18. The van der Waals surface area contributed by atoms with Gasteiger partial charge in [-0.3, -0.25) is 9.52 Å². The van der Waals surface area contributed by atoms with Gasteiger partial charge in [-0.15, -0.1) is 0 Å². The molecule has 1 aromatic carbocycles. The average Bonchev–Trinajstić information content (AvgIpc) is 2.38. The third-order valence-corrected chi connectivity index (χ3v) is 4.02. The van der Waals surface area contributed by atoms with E-state index in [1.54, 1.807) is 31.3 Å². The summed E-state index contributed by atoms with van der Waals surface area (Å²) in [6, 6.07) is 8.81. The van der Waals surface area contributed by atoms with E-state index in [0.29, 0.717) is 24.9 Å². The van der Waals surface area contributed by atoms with E-state index in [1.165, 1.54) is 0 Å². The number of hydrogen-bond donors (Lipinski definition) is 2. The number of sulfonamides is 1. The monoisotopic (exact) mass is 284 g/mol. The Labute approximate surface area is 114 Å². The molecule has 0 saturated heterocycles. The van der Waals surface area contributed by atoms with Gasteiger partial charge >= 0.3 is 0 Å². The summed E-state index contributed by atoms with van der Waals surface area (Å²) < 4.78 is 26.0. The van der Waals surface area contributed by atoms with Crippen LogP contribution in [0.2, 0.25) is 0 Å². The summed E-state index contributed by atoms with van der Waals surface area (Å²) in [6.07, 6.45) is 2.44. The van der Waals surface area contributed by atoms with Gasteiger partial charge in [0.25, 0.3) is 0 Å². The van der Waals surface area contributed by atoms with Gasteiger partial charge in [-0.2, -0.15) is 0 Å². The van der Waals surface area contributed by atoms with E-state index in [1.807, 2.05) is 6.07 Å². The number of unbranched alkanes of at least 4 members (excludes halogenated alkanes) is 2. The fraction of sp³-hybridized carbons (Fsp3) is 0.462. The van der Waals surface area contributed by atoms with Gasteiger partial charge in [0.1, 0.15) is 0 Å². The highest BCUT2D eigenvalue weighted by Gasteiger charge is 2.09. The number of rotatable bonds is 8. The first kappa shape index (κ1) is 15.5. The van der Waals surface area contributed by atoms with Gasteiger partial charge in [-0.05, 0) is 25.0 Å². The van der Waals surface area contributed by atoms with Crippen molar-refractivity contribution < 1.29 is 13.2 Å². The van der Waals surface area contributed by atoms with Crippen LogP contribution >= 0.6 is 0 Å². The van der Waals surface area contributed by atoms with Crippen LogP contribution in [0.15, 0.2) is 30.3 Å². The second-order valence-electron chi connectivity index (χ2n) is 4.27. The highest BCUT2D eigenvalue weighted by molar-refractivity contribution is 7.92. The maximum absolute atomic E-state index is 11.8. The fourth-order valence-electron chi connectivity index (χ4n) is 1.62. The zero-order chi connectivity index (χ0) is 14.1. The molecule has 5 nitrogen and oxygen atoms in total. The topological polar surface area (TPSA) is 75.3 Å². The van der Waals surface area contributed by atoms with Crippen LogP contribution in [0.25, 0.3) is 0 Å². The molecule has 1 aromatic rings. The Balaban J connectivity index is 2.26. The third kappa shape index (κ3) is 6.81. The van der Waals surface area contributed by atoms with Gasteiger partial charge in [0.2, 0.25) is 15.9 Å². The molecule has 0 aliphatic rings. The molecule has 0 heterocycles. The van der Waals surface area contributed by atoms with Crippen molar-refractivity contribution >= 4 is 21.6 Å². The lowest BCUT2D eigenvalue weighted by molar-refractivity contribution is -0.120. The van der Waals surface area contributed by atoms with Gasteiger partial charge in [0.15, 0.2) is 0 Å². The van der Waals surface area contributed by atoms with Crippen molar-refractivity contribution in [2.45, 2.75) is 25.7 Å². The normalized spacial score (nSPS) is 11.0. The molecule has 0 aromatic heterocycles. The summed E-state index contributed by atoms with van der Waals surface area (Å²) in [5, 5.41) is 2.54. The predicted molar refractivity (Wildman–Crippen MR) is 76.4 cm³/mol. The molecule has 1 rings (SSSR count). The zero-order valence-electron chi connectivity index (χ0n) is 11.1. The van der Waals surface area contributed by atoms with Gasteiger partial charge in [-0.1, -0.05) is 24.6 Å². The second kappa shape index (κ2) is 7.78.